The summed E-state index contributed by atoms with van der Waals surface area (Å²) in [6, 6.07) is 14.5. The first kappa shape index (κ1) is 15.0. The molecule has 0 heterocycles. The van der Waals surface area contributed by atoms with Crippen LogP contribution in [-0.2, 0) is 6.54 Å². The van der Waals surface area contributed by atoms with E-state index in [2.05, 4.69) is 5.32 Å². The number of nitro groups is 1. The second-order valence-corrected chi connectivity index (χ2v) is 4.75. The fourth-order valence-electron chi connectivity index (χ4n) is 2.11. The van der Waals surface area contributed by atoms with Crippen LogP contribution in [0.5, 0.6) is 5.75 Å². The number of hydrogen-bond acceptors (Lipinski definition) is 4. The molecule has 110 valence electrons. The molecule has 0 fully saturated rings. The summed E-state index contributed by atoms with van der Waals surface area (Å²) < 4.78 is 5.96. The Labute approximate surface area is 123 Å². The molecule has 5 heteroatoms. The van der Waals surface area contributed by atoms with Gasteiger partial charge in [-0.05, 0) is 25.6 Å². The zero-order valence-electron chi connectivity index (χ0n) is 12.1. The summed E-state index contributed by atoms with van der Waals surface area (Å²) in [5.74, 6) is 0.659. The summed E-state index contributed by atoms with van der Waals surface area (Å²) in [4.78, 5) is 10.5. The van der Waals surface area contributed by atoms with Crippen LogP contribution in [-0.4, -0.2) is 12.0 Å². The predicted octanol–water partition coefficient (Wildman–Crippen LogP) is 3.45. The summed E-state index contributed by atoms with van der Waals surface area (Å²) in [5, 5.41) is 13.9. The quantitative estimate of drug-likeness (QED) is 0.652. The van der Waals surface area contributed by atoms with Crippen LogP contribution in [0.3, 0.4) is 0 Å². The number of nitrogens with zero attached hydrogens (tertiary/aromatic N) is 1. The number of nitro benzene ring substituents is 1. The summed E-state index contributed by atoms with van der Waals surface area (Å²) in [5.41, 5.74) is 1.90. The van der Waals surface area contributed by atoms with Crippen molar-refractivity contribution >= 4 is 5.69 Å². The van der Waals surface area contributed by atoms with Crippen molar-refractivity contribution in [2.75, 3.05) is 7.05 Å². The third kappa shape index (κ3) is 3.79. The molecule has 0 aliphatic rings. The average Bonchev–Trinajstić information content (AvgIpc) is 2.50. The van der Waals surface area contributed by atoms with E-state index < -0.39 is 4.92 Å². The molecule has 0 spiro atoms. The van der Waals surface area contributed by atoms with Crippen molar-refractivity contribution in [1.29, 1.82) is 0 Å². The molecule has 2 aromatic rings. The van der Waals surface area contributed by atoms with E-state index in [1.807, 2.05) is 37.3 Å². The Morgan fingerprint density at radius 3 is 2.57 bits per heavy atom. The Morgan fingerprint density at radius 2 is 1.95 bits per heavy atom. The van der Waals surface area contributed by atoms with Crippen molar-refractivity contribution in [3.05, 3.63) is 69.8 Å². The van der Waals surface area contributed by atoms with Gasteiger partial charge in [0.25, 0.3) is 5.69 Å². The summed E-state index contributed by atoms with van der Waals surface area (Å²) in [6.45, 7) is 2.47. The second-order valence-electron chi connectivity index (χ2n) is 4.75. The maximum absolute atomic E-state index is 10.9. The summed E-state index contributed by atoms with van der Waals surface area (Å²) >= 11 is 0. The Balaban J connectivity index is 2.24. The first-order valence-corrected chi connectivity index (χ1v) is 6.75. The minimum absolute atomic E-state index is 0.0694. The van der Waals surface area contributed by atoms with Crippen molar-refractivity contribution in [3.63, 3.8) is 0 Å². The molecule has 0 aliphatic heterocycles. The topological polar surface area (TPSA) is 64.4 Å². The molecule has 5 nitrogen and oxygen atoms in total. The second kappa shape index (κ2) is 6.85. The Hall–Kier alpha value is -2.40. The van der Waals surface area contributed by atoms with Crippen LogP contribution in [0.2, 0.25) is 0 Å². The molecule has 1 N–H and O–H groups in total. The molecule has 2 rings (SSSR count). The van der Waals surface area contributed by atoms with Gasteiger partial charge in [-0.2, -0.15) is 0 Å². The van der Waals surface area contributed by atoms with Crippen molar-refractivity contribution in [3.8, 4) is 5.75 Å². The van der Waals surface area contributed by atoms with Crippen molar-refractivity contribution in [2.24, 2.45) is 0 Å². The highest BCUT2D eigenvalue weighted by Gasteiger charge is 2.14. The molecule has 0 saturated heterocycles. The third-order valence-corrected chi connectivity index (χ3v) is 3.19. The lowest BCUT2D eigenvalue weighted by Gasteiger charge is -2.17. The fraction of sp³-hybridized carbons (Fsp3) is 0.250. The van der Waals surface area contributed by atoms with Gasteiger partial charge in [0.05, 0.1) is 4.92 Å². The van der Waals surface area contributed by atoms with E-state index in [0.29, 0.717) is 12.3 Å². The largest absolute Gasteiger partial charge is 0.486 e. The molecule has 0 aliphatic carbocycles. The Bertz CT molecular complexity index is 614. The van der Waals surface area contributed by atoms with E-state index >= 15 is 0 Å². The first-order chi connectivity index (χ1) is 10.1. The number of hydrogen-bond donors (Lipinski definition) is 1. The zero-order valence-corrected chi connectivity index (χ0v) is 12.1. The normalized spacial score (nSPS) is 11.9. The highest BCUT2D eigenvalue weighted by atomic mass is 16.6. The van der Waals surface area contributed by atoms with Crippen LogP contribution >= 0.6 is 0 Å². The van der Waals surface area contributed by atoms with E-state index in [9.17, 15) is 10.1 Å². The Morgan fingerprint density at radius 1 is 1.24 bits per heavy atom. The number of nitrogens with one attached hydrogen (secondary N) is 1. The smallest absolute Gasteiger partial charge is 0.270 e. The molecule has 2 aromatic carbocycles. The fourth-order valence-corrected chi connectivity index (χ4v) is 2.11. The van der Waals surface area contributed by atoms with Crippen molar-refractivity contribution < 1.29 is 9.66 Å². The van der Waals surface area contributed by atoms with E-state index in [1.165, 1.54) is 6.07 Å². The Kier molecular flexibility index (Phi) is 4.90. The summed E-state index contributed by atoms with van der Waals surface area (Å²) in [6.07, 6.45) is -0.122. The van der Waals surface area contributed by atoms with E-state index in [1.54, 1.807) is 19.2 Å². The molecular formula is C16H18N2O3. The number of rotatable bonds is 6. The van der Waals surface area contributed by atoms with Crippen LogP contribution in [0.25, 0.3) is 0 Å². The first-order valence-electron chi connectivity index (χ1n) is 6.75. The van der Waals surface area contributed by atoms with Gasteiger partial charge in [0.1, 0.15) is 11.9 Å². The van der Waals surface area contributed by atoms with Gasteiger partial charge in [-0.25, -0.2) is 0 Å². The van der Waals surface area contributed by atoms with Crippen LogP contribution in [0, 0.1) is 10.1 Å². The van der Waals surface area contributed by atoms with Crippen molar-refractivity contribution in [1.82, 2.24) is 5.32 Å². The minimum Gasteiger partial charge on any atom is -0.486 e. The molecule has 0 aromatic heterocycles. The predicted molar refractivity (Wildman–Crippen MR) is 81.3 cm³/mol. The molecule has 0 amide bonds. The van der Waals surface area contributed by atoms with E-state index in [-0.39, 0.29) is 11.8 Å². The molecule has 0 radical (unpaired) electrons. The van der Waals surface area contributed by atoms with Gasteiger partial charge in [0.2, 0.25) is 0 Å². The lowest BCUT2D eigenvalue weighted by Crippen LogP contribution is -2.10. The molecule has 21 heavy (non-hydrogen) atoms. The van der Waals surface area contributed by atoms with Crippen LogP contribution in [0.4, 0.5) is 5.69 Å². The van der Waals surface area contributed by atoms with E-state index in [0.717, 1.165) is 11.1 Å². The van der Waals surface area contributed by atoms with Gasteiger partial charge >= 0.3 is 0 Å². The van der Waals surface area contributed by atoms with Crippen molar-refractivity contribution in [2.45, 2.75) is 19.6 Å². The lowest BCUT2D eigenvalue weighted by atomic mass is 10.1. The molecule has 0 saturated carbocycles. The minimum atomic E-state index is -0.399. The number of non-ortho nitro benzene ring substituents is 1. The molecule has 1 unspecified atom stereocenters. The SMILES string of the molecule is CNCc1cc([N+](=O)[O-])ccc1OC(C)c1ccccc1. The third-order valence-electron chi connectivity index (χ3n) is 3.19. The standard InChI is InChI=1S/C16H18N2O3/c1-12(13-6-4-3-5-7-13)21-16-9-8-15(18(19)20)10-14(16)11-17-2/h3-10,12,17H,11H2,1-2H3. The lowest BCUT2D eigenvalue weighted by molar-refractivity contribution is -0.384. The van der Waals surface area contributed by atoms with Gasteiger partial charge in [-0.1, -0.05) is 30.3 Å². The molecule has 1 atom stereocenters. The summed E-state index contributed by atoms with van der Waals surface area (Å²) in [7, 11) is 1.79. The maximum atomic E-state index is 10.9. The van der Waals surface area contributed by atoms with Gasteiger partial charge in [-0.15, -0.1) is 0 Å². The highest BCUT2D eigenvalue weighted by molar-refractivity contribution is 5.44. The van der Waals surface area contributed by atoms with Crippen LogP contribution in [0.15, 0.2) is 48.5 Å². The van der Waals surface area contributed by atoms with Gasteiger partial charge in [0, 0.05) is 24.2 Å². The van der Waals surface area contributed by atoms with E-state index in [4.69, 9.17) is 4.74 Å². The average molecular weight is 286 g/mol. The molecule has 0 bridgehead atoms. The van der Waals surface area contributed by atoms with Gasteiger partial charge in [0.15, 0.2) is 0 Å². The number of ether oxygens (including phenoxy) is 1. The van der Waals surface area contributed by atoms with Crippen LogP contribution < -0.4 is 10.1 Å². The maximum Gasteiger partial charge on any atom is 0.270 e. The van der Waals surface area contributed by atoms with Crippen LogP contribution in [0.1, 0.15) is 24.2 Å². The zero-order chi connectivity index (χ0) is 15.2. The monoisotopic (exact) mass is 286 g/mol. The number of benzene rings is 2. The molecular weight excluding hydrogens is 268 g/mol. The van der Waals surface area contributed by atoms with Gasteiger partial charge < -0.3 is 10.1 Å². The van der Waals surface area contributed by atoms with Gasteiger partial charge in [-0.3, -0.25) is 10.1 Å². The highest BCUT2D eigenvalue weighted by Crippen LogP contribution is 2.28.